The normalized spacial score (nSPS) is 18.9. The van der Waals surface area contributed by atoms with Gasteiger partial charge in [-0.15, -0.1) is 0 Å². The maximum atomic E-state index is 8.69. The fourth-order valence-electron chi connectivity index (χ4n) is 0.215. The summed E-state index contributed by atoms with van der Waals surface area (Å²) < 4.78 is 0. The average molecular weight is 104 g/mol. The van der Waals surface area contributed by atoms with Crippen LogP contribution in [0.15, 0.2) is 0 Å². The van der Waals surface area contributed by atoms with Gasteiger partial charge >= 0.3 is 0 Å². The Balaban J connectivity index is 3.14. The average Bonchev–Trinajstić information content (AvgIpc) is 1.65. The topological polar surface area (TPSA) is 72.3 Å². The summed E-state index contributed by atoms with van der Waals surface area (Å²) in [5, 5.41) is 8.69. The molecule has 3 nitrogen and oxygen atoms in total. The van der Waals surface area contributed by atoms with Gasteiger partial charge in [-0.25, -0.2) is 0 Å². The molecule has 0 saturated carbocycles. The third-order valence-electron chi connectivity index (χ3n) is 0.848. The standard InChI is InChI=1S/C4H12N2O/c1-3(6)4(7)2-5/h3-4,7H,2,5-6H2,1H3. The van der Waals surface area contributed by atoms with Crippen LogP contribution in [0.5, 0.6) is 0 Å². The van der Waals surface area contributed by atoms with E-state index in [2.05, 4.69) is 0 Å². The van der Waals surface area contributed by atoms with Gasteiger partial charge < -0.3 is 16.6 Å². The molecule has 0 aromatic heterocycles. The van der Waals surface area contributed by atoms with Crippen molar-refractivity contribution in [3.8, 4) is 0 Å². The second kappa shape index (κ2) is 2.96. The molecule has 0 spiro atoms. The maximum Gasteiger partial charge on any atom is 0.0810 e. The first kappa shape index (κ1) is 6.88. The van der Waals surface area contributed by atoms with E-state index in [4.69, 9.17) is 16.6 Å². The molecule has 7 heavy (non-hydrogen) atoms. The van der Waals surface area contributed by atoms with Crippen LogP contribution in [0.25, 0.3) is 0 Å². The zero-order valence-corrected chi connectivity index (χ0v) is 4.46. The van der Waals surface area contributed by atoms with Gasteiger partial charge in [-0.1, -0.05) is 0 Å². The first-order valence-corrected chi connectivity index (χ1v) is 2.32. The summed E-state index contributed by atoms with van der Waals surface area (Å²) in [5.74, 6) is 0. The molecule has 44 valence electrons. The van der Waals surface area contributed by atoms with Crippen molar-refractivity contribution in [2.45, 2.75) is 19.1 Å². The predicted molar refractivity (Wildman–Crippen MR) is 28.7 cm³/mol. The number of nitrogens with two attached hydrogens (primary N) is 2. The Bertz CT molecular complexity index is 47.0. The Morgan fingerprint density at radius 3 is 2.14 bits per heavy atom. The van der Waals surface area contributed by atoms with Crippen molar-refractivity contribution in [1.82, 2.24) is 0 Å². The largest absolute Gasteiger partial charge is 0.390 e. The summed E-state index contributed by atoms with van der Waals surface area (Å²) in [6, 6.07) is -0.204. The first-order valence-electron chi connectivity index (χ1n) is 2.32. The number of hydrogen-bond acceptors (Lipinski definition) is 3. The summed E-state index contributed by atoms with van der Waals surface area (Å²) in [5.41, 5.74) is 10.3. The Morgan fingerprint density at radius 2 is 2.14 bits per heavy atom. The van der Waals surface area contributed by atoms with Gasteiger partial charge in [-0.05, 0) is 6.92 Å². The van der Waals surface area contributed by atoms with Gasteiger partial charge in [0.05, 0.1) is 6.10 Å². The Morgan fingerprint density at radius 1 is 1.71 bits per heavy atom. The predicted octanol–water partition coefficient (Wildman–Crippen LogP) is -1.35. The lowest BCUT2D eigenvalue weighted by Gasteiger charge is -2.09. The first-order chi connectivity index (χ1) is 3.18. The second-order valence-electron chi connectivity index (χ2n) is 1.66. The van der Waals surface area contributed by atoms with Gasteiger partial charge in [0.1, 0.15) is 0 Å². The van der Waals surface area contributed by atoms with Gasteiger partial charge in [0.15, 0.2) is 0 Å². The van der Waals surface area contributed by atoms with E-state index in [0.29, 0.717) is 0 Å². The number of aliphatic hydroxyl groups excluding tert-OH is 1. The van der Waals surface area contributed by atoms with Crippen LogP contribution >= 0.6 is 0 Å². The highest BCUT2D eigenvalue weighted by atomic mass is 16.3. The van der Waals surface area contributed by atoms with E-state index in [-0.39, 0.29) is 12.6 Å². The zero-order valence-electron chi connectivity index (χ0n) is 4.46. The Hall–Kier alpha value is -0.120. The number of rotatable bonds is 2. The monoisotopic (exact) mass is 104 g/mol. The van der Waals surface area contributed by atoms with Crippen LogP contribution in [0.1, 0.15) is 6.92 Å². The smallest absolute Gasteiger partial charge is 0.0810 e. The van der Waals surface area contributed by atoms with Crippen molar-refractivity contribution in [1.29, 1.82) is 0 Å². The minimum atomic E-state index is -0.542. The summed E-state index contributed by atoms with van der Waals surface area (Å²) in [4.78, 5) is 0. The fourth-order valence-corrected chi connectivity index (χ4v) is 0.215. The molecular formula is C4H12N2O. The summed E-state index contributed by atoms with van der Waals surface area (Å²) >= 11 is 0. The quantitative estimate of drug-likeness (QED) is 0.405. The lowest BCUT2D eigenvalue weighted by Crippen LogP contribution is -2.37. The molecule has 0 rings (SSSR count). The maximum absolute atomic E-state index is 8.69. The van der Waals surface area contributed by atoms with Gasteiger partial charge in [-0.2, -0.15) is 0 Å². The minimum Gasteiger partial charge on any atom is -0.390 e. The molecule has 0 aliphatic heterocycles. The van der Waals surface area contributed by atoms with E-state index < -0.39 is 6.10 Å². The van der Waals surface area contributed by atoms with Crippen LogP contribution < -0.4 is 11.5 Å². The van der Waals surface area contributed by atoms with Crippen molar-refractivity contribution in [3.05, 3.63) is 0 Å². The molecule has 0 aliphatic carbocycles. The van der Waals surface area contributed by atoms with E-state index >= 15 is 0 Å². The van der Waals surface area contributed by atoms with Crippen LogP contribution in [0.2, 0.25) is 0 Å². The summed E-state index contributed by atoms with van der Waals surface area (Å²) in [6.45, 7) is 1.97. The molecule has 0 aromatic carbocycles. The molecule has 0 saturated heterocycles. The van der Waals surface area contributed by atoms with Crippen molar-refractivity contribution >= 4 is 0 Å². The number of hydrogen-bond donors (Lipinski definition) is 3. The van der Waals surface area contributed by atoms with Crippen LogP contribution in [0.4, 0.5) is 0 Å². The van der Waals surface area contributed by atoms with Crippen LogP contribution in [-0.4, -0.2) is 23.8 Å². The minimum absolute atomic E-state index is 0.204. The number of aliphatic hydroxyl groups is 1. The second-order valence-corrected chi connectivity index (χ2v) is 1.66. The van der Waals surface area contributed by atoms with Crippen molar-refractivity contribution in [2.24, 2.45) is 11.5 Å². The molecule has 0 fully saturated rings. The molecule has 0 amide bonds. The third kappa shape index (κ3) is 2.56. The van der Waals surface area contributed by atoms with Gasteiger partial charge in [0, 0.05) is 12.6 Å². The van der Waals surface area contributed by atoms with E-state index in [0.717, 1.165) is 0 Å². The molecule has 3 heteroatoms. The van der Waals surface area contributed by atoms with Crippen molar-refractivity contribution in [3.63, 3.8) is 0 Å². The van der Waals surface area contributed by atoms with E-state index in [1.807, 2.05) is 0 Å². The SMILES string of the molecule is CC(N)C(O)CN. The zero-order chi connectivity index (χ0) is 5.86. The molecule has 5 N–H and O–H groups in total. The summed E-state index contributed by atoms with van der Waals surface area (Å²) in [6.07, 6.45) is -0.542. The molecular weight excluding hydrogens is 92.1 g/mol. The third-order valence-corrected chi connectivity index (χ3v) is 0.848. The van der Waals surface area contributed by atoms with Crippen molar-refractivity contribution in [2.75, 3.05) is 6.54 Å². The van der Waals surface area contributed by atoms with E-state index in [9.17, 15) is 0 Å². The van der Waals surface area contributed by atoms with Gasteiger partial charge in [0.25, 0.3) is 0 Å². The molecule has 2 atom stereocenters. The lowest BCUT2D eigenvalue weighted by atomic mass is 10.2. The van der Waals surface area contributed by atoms with Crippen LogP contribution in [0, 0.1) is 0 Å². The highest BCUT2D eigenvalue weighted by Crippen LogP contribution is 1.81. The van der Waals surface area contributed by atoms with Crippen LogP contribution in [-0.2, 0) is 0 Å². The fraction of sp³-hybridized carbons (Fsp3) is 1.00. The molecule has 0 radical (unpaired) electrons. The highest BCUT2D eigenvalue weighted by Gasteiger charge is 2.04. The van der Waals surface area contributed by atoms with E-state index in [1.54, 1.807) is 6.92 Å². The van der Waals surface area contributed by atoms with Gasteiger partial charge in [-0.3, -0.25) is 0 Å². The van der Waals surface area contributed by atoms with E-state index in [1.165, 1.54) is 0 Å². The molecule has 0 heterocycles. The molecule has 0 aromatic rings. The molecule has 0 aliphatic rings. The summed E-state index contributed by atoms with van der Waals surface area (Å²) in [7, 11) is 0. The highest BCUT2D eigenvalue weighted by molar-refractivity contribution is 4.65. The van der Waals surface area contributed by atoms with Gasteiger partial charge in [0.2, 0.25) is 0 Å². The van der Waals surface area contributed by atoms with Crippen molar-refractivity contribution < 1.29 is 5.11 Å². The lowest BCUT2D eigenvalue weighted by molar-refractivity contribution is 0.159. The van der Waals surface area contributed by atoms with Crippen LogP contribution in [0.3, 0.4) is 0 Å². The molecule has 0 bridgehead atoms. The Labute approximate surface area is 43.3 Å². The molecule has 2 unspecified atom stereocenters. The Kier molecular flexibility index (Phi) is 2.91.